The third kappa shape index (κ3) is 1.52. The summed E-state index contributed by atoms with van der Waals surface area (Å²) in [5.74, 6) is 0.902. The molecule has 78 valence electrons. The fourth-order valence-corrected chi connectivity index (χ4v) is 1.38. The van der Waals surface area contributed by atoms with E-state index in [1.807, 2.05) is 0 Å². The molecule has 2 rings (SSSR count). The van der Waals surface area contributed by atoms with Crippen LogP contribution in [0, 0.1) is 0 Å². The highest BCUT2D eigenvalue weighted by molar-refractivity contribution is 5.06. The summed E-state index contributed by atoms with van der Waals surface area (Å²) >= 11 is 0. The minimum Gasteiger partial charge on any atom is -0.379 e. The summed E-state index contributed by atoms with van der Waals surface area (Å²) in [5.41, 5.74) is 11.0. The molecule has 0 aliphatic carbocycles. The first-order valence-corrected chi connectivity index (χ1v) is 4.58. The molecule has 0 radical (unpaired) electrons. The second-order valence-corrected chi connectivity index (χ2v) is 3.70. The minimum absolute atomic E-state index is 0.262. The van der Waals surface area contributed by atoms with Crippen LogP contribution in [0.4, 0.5) is 0 Å². The maximum atomic E-state index is 6.04. The standard InChI is InChI=1S/C8H14N4O2/c1-5(9)6-11-7(12-14-6)8(10)2-3-13-4-8/h5H,2-4,9-10H2,1H3. The number of hydrogen-bond acceptors (Lipinski definition) is 6. The average molecular weight is 198 g/mol. The highest BCUT2D eigenvalue weighted by atomic mass is 16.5. The Balaban J connectivity index is 2.23. The Morgan fingerprint density at radius 1 is 1.57 bits per heavy atom. The molecule has 0 bridgehead atoms. The van der Waals surface area contributed by atoms with E-state index in [9.17, 15) is 0 Å². The lowest BCUT2D eigenvalue weighted by molar-refractivity contribution is 0.175. The molecule has 1 saturated heterocycles. The maximum absolute atomic E-state index is 6.04. The first kappa shape index (κ1) is 9.57. The fraction of sp³-hybridized carbons (Fsp3) is 0.750. The molecule has 1 aromatic rings. The molecular formula is C8H14N4O2. The molecule has 6 nitrogen and oxygen atoms in total. The number of aromatic nitrogens is 2. The Labute approximate surface area is 81.6 Å². The van der Waals surface area contributed by atoms with E-state index in [1.165, 1.54) is 0 Å². The van der Waals surface area contributed by atoms with Gasteiger partial charge in [-0.2, -0.15) is 4.98 Å². The van der Waals surface area contributed by atoms with Crippen molar-refractivity contribution in [3.63, 3.8) is 0 Å². The van der Waals surface area contributed by atoms with Gasteiger partial charge >= 0.3 is 0 Å². The van der Waals surface area contributed by atoms with E-state index in [-0.39, 0.29) is 6.04 Å². The second-order valence-electron chi connectivity index (χ2n) is 3.70. The van der Waals surface area contributed by atoms with Crippen molar-refractivity contribution in [2.45, 2.75) is 24.9 Å². The molecule has 1 aliphatic heterocycles. The molecule has 2 atom stereocenters. The van der Waals surface area contributed by atoms with Gasteiger partial charge in [-0.05, 0) is 13.3 Å². The van der Waals surface area contributed by atoms with E-state index in [4.69, 9.17) is 20.7 Å². The number of hydrogen-bond donors (Lipinski definition) is 2. The van der Waals surface area contributed by atoms with E-state index in [0.29, 0.717) is 31.3 Å². The number of nitrogens with zero attached hydrogens (tertiary/aromatic N) is 2. The van der Waals surface area contributed by atoms with E-state index >= 15 is 0 Å². The number of nitrogens with two attached hydrogens (primary N) is 2. The summed E-state index contributed by atoms with van der Waals surface area (Å²) < 4.78 is 10.2. The Morgan fingerprint density at radius 3 is 2.86 bits per heavy atom. The lowest BCUT2D eigenvalue weighted by Crippen LogP contribution is -2.38. The largest absolute Gasteiger partial charge is 0.379 e. The van der Waals surface area contributed by atoms with Crippen molar-refractivity contribution in [2.75, 3.05) is 13.2 Å². The maximum Gasteiger partial charge on any atom is 0.243 e. The van der Waals surface area contributed by atoms with Crippen molar-refractivity contribution < 1.29 is 9.26 Å². The van der Waals surface area contributed by atoms with E-state index < -0.39 is 5.54 Å². The van der Waals surface area contributed by atoms with Crippen molar-refractivity contribution in [1.82, 2.24) is 10.1 Å². The third-order valence-corrected chi connectivity index (χ3v) is 2.33. The van der Waals surface area contributed by atoms with Gasteiger partial charge in [0.1, 0.15) is 5.54 Å². The highest BCUT2D eigenvalue weighted by Gasteiger charge is 2.37. The van der Waals surface area contributed by atoms with Gasteiger partial charge in [0.25, 0.3) is 0 Å². The van der Waals surface area contributed by atoms with Crippen LogP contribution in [0.1, 0.15) is 31.1 Å². The van der Waals surface area contributed by atoms with Crippen LogP contribution < -0.4 is 11.5 Å². The molecular weight excluding hydrogens is 184 g/mol. The zero-order valence-electron chi connectivity index (χ0n) is 8.06. The van der Waals surface area contributed by atoms with Crippen molar-refractivity contribution in [1.29, 1.82) is 0 Å². The minimum atomic E-state index is -0.601. The summed E-state index contributed by atoms with van der Waals surface area (Å²) in [6.07, 6.45) is 0.713. The summed E-state index contributed by atoms with van der Waals surface area (Å²) in [4.78, 5) is 4.16. The van der Waals surface area contributed by atoms with Gasteiger partial charge < -0.3 is 20.7 Å². The first-order chi connectivity index (χ1) is 6.62. The van der Waals surface area contributed by atoms with Crippen LogP contribution in [0.15, 0.2) is 4.52 Å². The fourth-order valence-electron chi connectivity index (χ4n) is 1.38. The van der Waals surface area contributed by atoms with E-state index in [0.717, 1.165) is 0 Å². The zero-order chi connectivity index (χ0) is 10.2. The SMILES string of the molecule is CC(N)c1nc(C2(N)CCOC2)no1. The predicted molar refractivity (Wildman–Crippen MR) is 48.2 cm³/mol. The van der Waals surface area contributed by atoms with Gasteiger partial charge in [-0.1, -0.05) is 5.16 Å². The van der Waals surface area contributed by atoms with Crippen LogP contribution in [0.5, 0.6) is 0 Å². The molecule has 4 N–H and O–H groups in total. The first-order valence-electron chi connectivity index (χ1n) is 4.58. The quantitative estimate of drug-likeness (QED) is 0.674. The van der Waals surface area contributed by atoms with Crippen LogP contribution in [0.3, 0.4) is 0 Å². The molecule has 0 saturated carbocycles. The van der Waals surface area contributed by atoms with E-state index in [1.54, 1.807) is 6.92 Å². The Morgan fingerprint density at radius 2 is 2.36 bits per heavy atom. The van der Waals surface area contributed by atoms with Gasteiger partial charge in [0.2, 0.25) is 5.89 Å². The molecule has 0 spiro atoms. The van der Waals surface area contributed by atoms with Crippen LogP contribution in [-0.4, -0.2) is 23.4 Å². The third-order valence-electron chi connectivity index (χ3n) is 2.33. The summed E-state index contributed by atoms with van der Waals surface area (Å²) in [6.45, 7) is 2.86. The van der Waals surface area contributed by atoms with Crippen molar-refractivity contribution in [3.8, 4) is 0 Å². The van der Waals surface area contributed by atoms with Crippen LogP contribution in [0.2, 0.25) is 0 Å². The van der Waals surface area contributed by atoms with Gasteiger partial charge in [0.15, 0.2) is 5.82 Å². The van der Waals surface area contributed by atoms with Crippen molar-refractivity contribution >= 4 is 0 Å². The monoisotopic (exact) mass is 198 g/mol. The molecule has 14 heavy (non-hydrogen) atoms. The second kappa shape index (κ2) is 3.30. The molecule has 6 heteroatoms. The number of rotatable bonds is 2. The van der Waals surface area contributed by atoms with Crippen LogP contribution in [-0.2, 0) is 10.3 Å². The summed E-state index contributed by atoms with van der Waals surface area (Å²) in [7, 11) is 0. The van der Waals surface area contributed by atoms with Crippen molar-refractivity contribution in [3.05, 3.63) is 11.7 Å². The summed E-state index contributed by atoms with van der Waals surface area (Å²) in [6, 6.07) is -0.262. The molecule has 2 heterocycles. The normalized spacial score (nSPS) is 29.4. The smallest absolute Gasteiger partial charge is 0.243 e. The molecule has 0 aromatic carbocycles. The summed E-state index contributed by atoms with van der Waals surface area (Å²) in [5, 5.41) is 3.82. The molecule has 2 unspecified atom stereocenters. The van der Waals surface area contributed by atoms with Gasteiger partial charge in [-0.3, -0.25) is 0 Å². The molecule has 1 aromatic heterocycles. The van der Waals surface area contributed by atoms with Crippen LogP contribution >= 0.6 is 0 Å². The highest BCUT2D eigenvalue weighted by Crippen LogP contribution is 2.25. The predicted octanol–water partition coefficient (Wildman–Crippen LogP) is -0.336. The Kier molecular flexibility index (Phi) is 2.26. The van der Waals surface area contributed by atoms with Gasteiger partial charge in [-0.15, -0.1) is 0 Å². The average Bonchev–Trinajstić information content (AvgIpc) is 2.71. The molecule has 1 aliphatic rings. The topological polar surface area (TPSA) is 100 Å². The van der Waals surface area contributed by atoms with E-state index in [2.05, 4.69) is 10.1 Å². The van der Waals surface area contributed by atoms with Crippen molar-refractivity contribution in [2.24, 2.45) is 11.5 Å². The molecule has 1 fully saturated rings. The Hall–Kier alpha value is -0.980. The van der Waals surface area contributed by atoms with Gasteiger partial charge in [0.05, 0.1) is 12.6 Å². The lowest BCUT2D eigenvalue weighted by Gasteiger charge is -2.15. The van der Waals surface area contributed by atoms with Gasteiger partial charge in [0, 0.05) is 6.61 Å². The molecule has 0 amide bonds. The van der Waals surface area contributed by atoms with Crippen LogP contribution in [0.25, 0.3) is 0 Å². The lowest BCUT2D eigenvalue weighted by atomic mass is 10.00. The zero-order valence-corrected chi connectivity index (χ0v) is 8.06. The van der Waals surface area contributed by atoms with Gasteiger partial charge in [-0.25, -0.2) is 0 Å². The number of ether oxygens (including phenoxy) is 1. The Bertz CT molecular complexity index is 317.